The number of carboxylic acid groups (broad SMARTS) is 1. The van der Waals surface area contributed by atoms with E-state index in [-0.39, 0.29) is 18.2 Å². The summed E-state index contributed by atoms with van der Waals surface area (Å²) in [4.78, 5) is 30.1. The fourth-order valence-corrected chi connectivity index (χ4v) is 2.63. The van der Waals surface area contributed by atoms with Gasteiger partial charge in [-0.05, 0) is 31.6 Å². The Labute approximate surface area is 118 Å². The van der Waals surface area contributed by atoms with Gasteiger partial charge in [0.25, 0.3) is 0 Å². The molecule has 1 saturated carbocycles. The second-order valence-corrected chi connectivity index (χ2v) is 5.64. The highest BCUT2D eigenvalue weighted by Gasteiger charge is 2.28. The zero-order valence-corrected chi connectivity index (χ0v) is 11.6. The van der Waals surface area contributed by atoms with E-state index in [0.717, 1.165) is 25.7 Å². The maximum atomic E-state index is 12.1. The maximum Gasteiger partial charge on any atom is 0.326 e. The number of hydrogen-bond donors (Lipinski definition) is 3. The number of H-pyrrole nitrogens is 1. The average molecular weight is 279 g/mol. The predicted octanol–water partition coefficient (Wildman–Crippen LogP) is 1.35. The van der Waals surface area contributed by atoms with E-state index in [2.05, 4.69) is 22.2 Å². The SMILES string of the molecule is CC1CCC(C(=O)NC(Cc2cnc[nH]2)C(=O)O)CC1. The molecule has 1 aromatic rings. The molecule has 1 aliphatic carbocycles. The van der Waals surface area contributed by atoms with Gasteiger partial charge in [0.2, 0.25) is 5.91 Å². The molecule has 6 nitrogen and oxygen atoms in total. The molecule has 110 valence electrons. The van der Waals surface area contributed by atoms with Crippen molar-refractivity contribution in [1.29, 1.82) is 0 Å². The zero-order valence-electron chi connectivity index (χ0n) is 11.6. The number of aliphatic carboxylic acids is 1. The van der Waals surface area contributed by atoms with Crippen LogP contribution in [-0.2, 0) is 16.0 Å². The van der Waals surface area contributed by atoms with Crippen LogP contribution in [0.3, 0.4) is 0 Å². The monoisotopic (exact) mass is 279 g/mol. The molecule has 0 spiro atoms. The maximum absolute atomic E-state index is 12.1. The van der Waals surface area contributed by atoms with E-state index in [9.17, 15) is 14.7 Å². The van der Waals surface area contributed by atoms with E-state index in [1.54, 1.807) is 6.20 Å². The van der Waals surface area contributed by atoms with Crippen molar-refractivity contribution in [2.24, 2.45) is 11.8 Å². The smallest absolute Gasteiger partial charge is 0.326 e. The number of carboxylic acids is 1. The van der Waals surface area contributed by atoms with Gasteiger partial charge in [-0.25, -0.2) is 9.78 Å². The van der Waals surface area contributed by atoms with E-state index < -0.39 is 12.0 Å². The molecule has 0 bridgehead atoms. The molecular formula is C14H21N3O3. The van der Waals surface area contributed by atoms with Crippen LogP contribution in [0.15, 0.2) is 12.5 Å². The van der Waals surface area contributed by atoms with Crippen LogP contribution in [0, 0.1) is 11.8 Å². The Kier molecular flexibility index (Phi) is 4.76. The van der Waals surface area contributed by atoms with Crippen molar-refractivity contribution in [3.63, 3.8) is 0 Å². The van der Waals surface area contributed by atoms with Crippen LogP contribution in [0.4, 0.5) is 0 Å². The van der Waals surface area contributed by atoms with E-state index in [1.807, 2.05) is 0 Å². The van der Waals surface area contributed by atoms with Crippen LogP contribution in [0.5, 0.6) is 0 Å². The van der Waals surface area contributed by atoms with E-state index in [4.69, 9.17) is 0 Å². The lowest BCUT2D eigenvalue weighted by molar-refractivity contribution is -0.142. The first kappa shape index (κ1) is 14.6. The Bertz CT molecular complexity index is 450. The average Bonchev–Trinajstić information content (AvgIpc) is 2.91. The normalized spacial score (nSPS) is 24.1. The summed E-state index contributed by atoms with van der Waals surface area (Å²) in [5.74, 6) is -0.532. The molecule has 2 rings (SSSR count). The first-order valence-corrected chi connectivity index (χ1v) is 7.06. The number of hydrogen-bond acceptors (Lipinski definition) is 3. The Hall–Kier alpha value is -1.85. The molecule has 1 fully saturated rings. The molecule has 20 heavy (non-hydrogen) atoms. The fraction of sp³-hybridized carbons (Fsp3) is 0.643. The van der Waals surface area contributed by atoms with E-state index in [0.29, 0.717) is 11.6 Å². The minimum Gasteiger partial charge on any atom is -0.480 e. The van der Waals surface area contributed by atoms with Gasteiger partial charge >= 0.3 is 5.97 Å². The highest BCUT2D eigenvalue weighted by molar-refractivity contribution is 5.85. The van der Waals surface area contributed by atoms with E-state index in [1.165, 1.54) is 6.33 Å². The molecule has 1 atom stereocenters. The minimum absolute atomic E-state index is 0.0465. The van der Waals surface area contributed by atoms with Crippen LogP contribution in [0.2, 0.25) is 0 Å². The van der Waals surface area contributed by atoms with Crippen molar-refractivity contribution < 1.29 is 14.7 Å². The Morgan fingerprint density at radius 1 is 1.45 bits per heavy atom. The Balaban J connectivity index is 1.90. The van der Waals surface area contributed by atoms with Crippen molar-refractivity contribution in [3.8, 4) is 0 Å². The van der Waals surface area contributed by atoms with Crippen molar-refractivity contribution >= 4 is 11.9 Å². The number of imidazole rings is 1. The van der Waals surface area contributed by atoms with Gasteiger partial charge in [0, 0.05) is 24.2 Å². The molecule has 1 amide bonds. The molecule has 0 radical (unpaired) electrons. The second-order valence-electron chi connectivity index (χ2n) is 5.64. The lowest BCUT2D eigenvalue weighted by Crippen LogP contribution is -2.45. The number of aromatic nitrogens is 2. The number of amides is 1. The van der Waals surface area contributed by atoms with Gasteiger partial charge in [0.1, 0.15) is 6.04 Å². The van der Waals surface area contributed by atoms with Crippen LogP contribution in [0.1, 0.15) is 38.3 Å². The van der Waals surface area contributed by atoms with Crippen molar-refractivity contribution in [3.05, 3.63) is 18.2 Å². The van der Waals surface area contributed by atoms with Gasteiger partial charge in [0.05, 0.1) is 6.33 Å². The molecule has 0 aliphatic heterocycles. The predicted molar refractivity (Wildman–Crippen MR) is 73.0 cm³/mol. The Morgan fingerprint density at radius 3 is 2.70 bits per heavy atom. The summed E-state index contributed by atoms with van der Waals surface area (Å²) in [5, 5.41) is 11.9. The number of carbonyl (C=O) groups excluding carboxylic acids is 1. The van der Waals surface area contributed by atoms with Crippen molar-refractivity contribution in [2.75, 3.05) is 0 Å². The molecule has 1 aromatic heterocycles. The summed E-state index contributed by atoms with van der Waals surface area (Å²) in [7, 11) is 0. The summed E-state index contributed by atoms with van der Waals surface area (Å²) >= 11 is 0. The van der Waals surface area contributed by atoms with Gasteiger partial charge in [0.15, 0.2) is 0 Å². The molecule has 1 unspecified atom stereocenters. The first-order valence-electron chi connectivity index (χ1n) is 7.06. The van der Waals surface area contributed by atoms with Crippen molar-refractivity contribution in [2.45, 2.75) is 45.1 Å². The standard InChI is InChI=1S/C14H21N3O3/c1-9-2-4-10(5-3-9)13(18)17-12(14(19)20)6-11-7-15-8-16-11/h7-10,12H,2-6H2,1H3,(H,15,16)(H,17,18)(H,19,20). The summed E-state index contributed by atoms with van der Waals surface area (Å²) in [6.45, 7) is 2.19. The highest BCUT2D eigenvalue weighted by Crippen LogP contribution is 2.28. The summed E-state index contributed by atoms with van der Waals surface area (Å²) in [6.07, 6.45) is 7.08. The third kappa shape index (κ3) is 3.82. The summed E-state index contributed by atoms with van der Waals surface area (Å²) < 4.78 is 0. The van der Waals surface area contributed by atoms with Crippen LogP contribution >= 0.6 is 0 Å². The molecule has 1 aliphatic rings. The second kappa shape index (κ2) is 6.54. The largest absolute Gasteiger partial charge is 0.480 e. The quantitative estimate of drug-likeness (QED) is 0.758. The minimum atomic E-state index is -1.02. The molecular weight excluding hydrogens is 258 g/mol. The number of carbonyl (C=O) groups is 2. The Morgan fingerprint density at radius 2 is 2.15 bits per heavy atom. The zero-order chi connectivity index (χ0) is 14.5. The molecule has 6 heteroatoms. The third-order valence-corrected chi connectivity index (χ3v) is 3.98. The lowest BCUT2D eigenvalue weighted by atomic mass is 9.82. The molecule has 1 heterocycles. The van der Waals surface area contributed by atoms with Crippen LogP contribution < -0.4 is 5.32 Å². The van der Waals surface area contributed by atoms with Crippen LogP contribution in [-0.4, -0.2) is 33.0 Å². The molecule has 0 saturated heterocycles. The number of aromatic amines is 1. The van der Waals surface area contributed by atoms with E-state index >= 15 is 0 Å². The third-order valence-electron chi connectivity index (χ3n) is 3.98. The number of rotatable bonds is 5. The van der Waals surface area contributed by atoms with Gasteiger partial charge in [-0.2, -0.15) is 0 Å². The number of nitrogens with zero attached hydrogens (tertiary/aromatic N) is 1. The summed E-state index contributed by atoms with van der Waals surface area (Å²) in [6, 6.07) is -0.901. The first-order chi connectivity index (χ1) is 9.56. The lowest BCUT2D eigenvalue weighted by Gasteiger charge is -2.26. The fourth-order valence-electron chi connectivity index (χ4n) is 2.63. The van der Waals surface area contributed by atoms with Gasteiger partial charge in [-0.15, -0.1) is 0 Å². The van der Waals surface area contributed by atoms with Crippen molar-refractivity contribution in [1.82, 2.24) is 15.3 Å². The van der Waals surface area contributed by atoms with Gasteiger partial charge < -0.3 is 15.4 Å². The number of nitrogens with one attached hydrogen (secondary N) is 2. The highest BCUT2D eigenvalue weighted by atomic mass is 16.4. The van der Waals surface area contributed by atoms with Gasteiger partial charge in [-0.3, -0.25) is 4.79 Å². The summed E-state index contributed by atoms with van der Waals surface area (Å²) in [5.41, 5.74) is 0.704. The topological polar surface area (TPSA) is 95.1 Å². The molecule has 0 aromatic carbocycles. The van der Waals surface area contributed by atoms with Gasteiger partial charge in [-0.1, -0.05) is 6.92 Å². The molecule has 3 N–H and O–H groups in total. The van der Waals surface area contributed by atoms with Crippen LogP contribution in [0.25, 0.3) is 0 Å².